The van der Waals surface area contributed by atoms with Crippen LogP contribution in [0, 0.1) is 0 Å². The molecule has 10 heteroatoms. The molecule has 1 fully saturated rings. The van der Waals surface area contributed by atoms with Gasteiger partial charge in [0.2, 0.25) is 5.88 Å². The Morgan fingerprint density at radius 1 is 1.18 bits per heavy atom. The number of carbonyl (C=O) groups is 1. The Labute approximate surface area is 164 Å². The molecular formula is C18H18ClF3N4O2. The molecule has 0 spiro atoms. The van der Waals surface area contributed by atoms with E-state index in [1.54, 1.807) is 21.9 Å². The number of pyridine rings is 2. The van der Waals surface area contributed by atoms with Crippen molar-refractivity contribution in [2.45, 2.75) is 13.1 Å². The van der Waals surface area contributed by atoms with Gasteiger partial charge < -0.3 is 14.5 Å². The molecular weight excluding hydrogens is 397 g/mol. The van der Waals surface area contributed by atoms with Gasteiger partial charge in [0.05, 0.1) is 22.8 Å². The number of halogens is 4. The Morgan fingerprint density at radius 2 is 1.89 bits per heavy atom. The molecule has 1 saturated heterocycles. The topological polar surface area (TPSA) is 58.6 Å². The van der Waals surface area contributed by atoms with E-state index in [1.807, 2.05) is 6.92 Å². The maximum Gasteiger partial charge on any atom is 0.417 e. The van der Waals surface area contributed by atoms with Crippen LogP contribution >= 0.6 is 11.6 Å². The number of nitrogens with zero attached hydrogens (tertiary/aromatic N) is 4. The second-order valence-electron chi connectivity index (χ2n) is 6.12. The van der Waals surface area contributed by atoms with Crippen LogP contribution in [-0.2, 0) is 6.18 Å². The number of rotatable bonds is 4. The molecule has 0 unspecified atom stereocenters. The molecule has 3 rings (SSSR count). The highest BCUT2D eigenvalue weighted by atomic mass is 35.5. The fraction of sp³-hybridized carbons (Fsp3) is 0.389. The van der Waals surface area contributed by atoms with Gasteiger partial charge in [-0.15, -0.1) is 0 Å². The molecule has 0 atom stereocenters. The van der Waals surface area contributed by atoms with Crippen LogP contribution in [0.3, 0.4) is 0 Å². The summed E-state index contributed by atoms with van der Waals surface area (Å²) >= 11 is 6.00. The number of carbonyl (C=O) groups excluding carboxylic acids is 1. The fourth-order valence-corrected chi connectivity index (χ4v) is 3.15. The summed E-state index contributed by atoms with van der Waals surface area (Å²) in [5.41, 5.74) is -0.444. The third kappa shape index (κ3) is 4.46. The van der Waals surface area contributed by atoms with Gasteiger partial charge in [0, 0.05) is 44.6 Å². The highest BCUT2D eigenvalue weighted by molar-refractivity contribution is 6.33. The predicted octanol–water partition coefficient (Wildman–Crippen LogP) is 3.51. The fourth-order valence-electron chi connectivity index (χ4n) is 2.86. The van der Waals surface area contributed by atoms with Crippen molar-refractivity contribution in [2.75, 3.05) is 37.7 Å². The molecule has 28 heavy (non-hydrogen) atoms. The van der Waals surface area contributed by atoms with Gasteiger partial charge in [0.1, 0.15) is 5.82 Å². The Kier molecular flexibility index (Phi) is 5.93. The van der Waals surface area contributed by atoms with Crippen LogP contribution in [0.1, 0.15) is 22.8 Å². The third-order valence-electron chi connectivity index (χ3n) is 4.29. The first kappa shape index (κ1) is 20.2. The zero-order valence-electron chi connectivity index (χ0n) is 15.0. The second-order valence-corrected chi connectivity index (χ2v) is 6.53. The number of piperazine rings is 1. The number of alkyl halides is 3. The summed E-state index contributed by atoms with van der Waals surface area (Å²) in [4.78, 5) is 24.0. The van der Waals surface area contributed by atoms with Crippen molar-refractivity contribution in [2.24, 2.45) is 0 Å². The van der Waals surface area contributed by atoms with Crippen molar-refractivity contribution in [3.05, 3.63) is 46.7 Å². The largest absolute Gasteiger partial charge is 0.478 e. The SMILES string of the molecule is CCOc1ccc(C(=O)N2CCN(c3ncc(C(F)(F)F)cc3Cl)CC2)cn1. The average molecular weight is 415 g/mol. The Balaban J connectivity index is 1.63. The first-order chi connectivity index (χ1) is 13.3. The number of ether oxygens (including phenoxy) is 1. The normalized spacial score (nSPS) is 14.9. The molecule has 3 heterocycles. The van der Waals surface area contributed by atoms with Gasteiger partial charge in [-0.05, 0) is 19.1 Å². The highest BCUT2D eigenvalue weighted by Gasteiger charge is 2.32. The van der Waals surface area contributed by atoms with Gasteiger partial charge in [-0.1, -0.05) is 11.6 Å². The molecule has 0 aromatic carbocycles. The number of hydrogen-bond donors (Lipinski definition) is 0. The lowest BCUT2D eigenvalue weighted by molar-refractivity contribution is -0.137. The van der Waals surface area contributed by atoms with E-state index in [0.29, 0.717) is 44.2 Å². The van der Waals surface area contributed by atoms with Crippen LogP contribution in [-0.4, -0.2) is 53.6 Å². The quantitative estimate of drug-likeness (QED) is 0.766. The van der Waals surface area contributed by atoms with Crippen molar-refractivity contribution >= 4 is 23.3 Å². The van der Waals surface area contributed by atoms with Gasteiger partial charge in [0.25, 0.3) is 5.91 Å². The Hall–Kier alpha value is -2.55. The van der Waals surface area contributed by atoms with E-state index >= 15 is 0 Å². The summed E-state index contributed by atoms with van der Waals surface area (Å²) in [7, 11) is 0. The maximum atomic E-state index is 12.7. The molecule has 0 N–H and O–H groups in total. The van der Waals surface area contributed by atoms with E-state index in [9.17, 15) is 18.0 Å². The van der Waals surface area contributed by atoms with Crippen molar-refractivity contribution in [1.29, 1.82) is 0 Å². The summed E-state index contributed by atoms with van der Waals surface area (Å²) in [5, 5.41) is -0.0645. The van der Waals surface area contributed by atoms with E-state index in [1.165, 1.54) is 6.20 Å². The molecule has 150 valence electrons. The van der Waals surface area contributed by atoms with Crippen LogP contribution in [0.25, 0.3) is 0 Å². The van der Waals surface area contributed by atoms with Crippen molar-refractivity contribution < 1.29 is 22.7 Å². The Bertz CT molecular complexity index is 838. The zero-order chi connectivity index (χ0) is 20.3. The van der Waals surface area contributed by atoms with E-state index in [4.69, 9.17) is 16.3 Å². The molecule has 2 aromatic rings. The van der Waals surface area contributed by atoms with Crippen LogP contribution in [0.5, 0.6) is 5.88 Å². The smallest absolute Gasteiger partial charge is 0.417 e. The van der Waals surface area contributed by atoms with E-state index in [2.05, 4.69) is 9.97 Å². The maximum absolute atomic E-state index is 12.7. The third-order valence-corrected chi connectivity index (χ3v) is 4.57. The van der Waals surface area contributed by atoms with Crippen molar-refractivity contribution in [1.82, 2.24) is 14.9 Å². The number of aromatic nitrogens is 2. The zero-order valence-corrected chi connectivity index (χ0v) is 15.8. The lowest BCUT2D eigenvalue weighted by Crippen LogP contribution is -2.49. The number of amides is 1. The van der Waals surface area contributed by atoms with Gasteiger partial charge in [-0.2, -0.15) is 13.2 Å². The van der Waals surface area contributed by atoms with Gasteiger partial charge in [-0.3, -0.25) is 4.79 Å². The molecule has 6 nitrogen and oxygen atoms in total. The number of hydrogen-bond acceptors (Lipinski definition) is 5. The molecule has 1 aliphatic heterocycles. The van der Waals surface area contributed by atoms with Crippen LogP contribution in [0.2, 0.25) is 5.02 Å². The van der Waals surface area contributed by atoms with Gasteiger partial charge in [-0.25, -0.2) is 9.97 Å². The molecule has 2 aromatic heterocycles. The summed E-state index contributed by atoms with van der Waals surface area (Å²) in [5.74, 6) is 0.568. The van der Waals surface area contributed by atoms with Crippen LogP contribution in [0.4, 0.5) is 19.0 Å². The van der Waals surface area contributed by atoms with Crippen molar-refractivity contribution in [3.8, 4) is 5.88 Å². The first-order valence-corrected chi connectivity index (χ1v) is 9.03. The minimum Gasteiger partial charge on any atom is -0.478 e. The minimum atomic E-state index is -4.49. The van der Waals surface area contributed by atoms with Crippen LogP contribution in [0.15, 0.2) is 30.6 Å². The molecule has 0 bridgehead atoms. The minimum absolute atomic E-state index is 0.0645. The predicted molar refractivity (Wildman–Crippen MR) is 97.8 cm³/mol. The Morgan fingerprint density at radius 3 is 2.43 bits per heavy atom. The standard InChI is InChI=1S/C18H18ClF3N4O2/c1-2-28-15-4-3-12(10-23-15)17(27)26-7-5-25(6-8-26)16-14(19)9-13(11-24-16)18(20,21)22/h3-4,9-11H,2,5-8H2,1H3. The molecule has 1 amide bonds. The summed E-state index contributed by atoms with van der Waals surface area (Å²) in [6.07, 6.45) is -2.26. The highest BCUT2D eigenvalue weighted by Crippen LogP contribution is 2.33. The monoisotopic (exact) mass is 414 g/mol. The lowest BCUT2D eigenvalue weighted by Gasteiger charge is -2.35. The molecule has 1 aliphatic rings. The van der Waals surface area contributed by atoms with E-state index < -0.39 is 11.7 Å². The second kappa shape index (κ2) is 8.22. The summed E-state index contributed by atoms with van der Waals surface area (Å²) in [6.45, 7) is 3.94. The van der Waals surface area contributed by atoms with Gasteiger partial charge in [0.15, 0.2) is 0 Å². The van der Waals surface area contributed by atoms with E-state index in [0.717, 1.165) is 12.3 Å². The van der Waals surface area contributed by atoms with Crippen LogP contribution < -0.4 is 9.64 Å². The van der Waals surface area contributed by atoms with E-state index in [-0.39, 0.29) is 16.7 Å². The first-order valence-electron chi connectivity index (χ1n) is 8.65. The summed E-state index contributed by atoms with van der Waals surface area (Å²) in [6, 6.07) is 4.16. The summed E-state index contributed by atoms with van der Waals surface area (Å²) < 4.78 is 43.5. The molecule has 0 radical (unpaired) electrons. The van der Waals surface area contributed by atoms with Gasteiger partial charge >= 0.3 is 6.18 Å². The molecule has 0 saturated carbocycles. The molecule has 0 aliphatic carbocycles. The average Bonchev–Trinajstić information content (AvgIpc) is 2.68. The lowest BCUT2D eigenvalue weighted by atomic mass is 10.2. The van der Waals surface area contributed by atoms with Crippen molar-refractivity contribution in [3.63, 3.8) is 0 Å². The number of anilines is 1.